The standard InChI is InChI=1S/C23H27N5OS/c1-16-8-6-12-20(17(16)2)25-21(29)15-30-23-27-26-22(18-9-7-13-24-14-18)28(23)19-10-4-3-5-11-19/h3-5,7,9-11,13-14,16-17,20H,6,8,12,15H2,1-2H3,(H,25,29). The molecule has 3 unspecified atom stereocenters. The summed E-state index contributed by atoms with van der Waals surface area (Å²) in [5.41, 5.74) is 1.84. The Hall–Kier alpha value is -2.67. The number of nitrogens with zero attached hydrogens (tertiary/aromatic N) is 4. The number of nitrogens with one attached hydrogen (secondary N) is 1. The number of benzene rings is 1. The van der Waals surface area contributed by atoms with Gasteiger partial charge in [0.15, 0.2) is 11.0 Å². The van der Waals surface area contributed by atoms with Crippen molar-refractivity contribution in [2.75, 3.05) is 5.75 Å². The van der Waals surface area contributed by atoms with Gasteiger partial charge in [0.25, 0.3) is 0 Å². The van der Waals surface area contributed by atoms with Crippen LogP contribution in [-0.2, 0) is 4.79 Å². The van der Waals surface area contributed by atoms with Crippen molar-refractivity contribution in [1.29, 1.82) is 0 Å². The van der Waals surface area contributed by atoms with Crippen LogP contribution in [-0.4, -0.2) is 37.5 Å². The third-order valence-electron chi connectivity index (χ3n) is 5.95. The quantitative estimate of drug-likeness (QED) is 0.599. The van der Waals surface area contributed by atoms with Crippen LogP contribution in [0.1, 0.15) is 33.1 Å². The zero-order chi connectivity index (χ0) is 20.9. The minimum atomic E-state index is 0.0523. The van der Waals surface area contributed by atoms with E-state index in [0.717, 1.165) is 17.7 Å². The fraction of sp³-hybridized carbons (Fsp3) is 0.391. The van der Waals surface area contributed by atoms with Gasteiger partial charge in [0.1, 0.15) is 0 Å². The lowest BCUT2D eigenvalue weighted by molar-refractivity contribution is -0.120. The smallest absolute Gasteiger partial charge is 0.230 e. The van der Waals surface area contributed by atoms with Crippen LogP contribution in [0.25, 0.3) is 17.1 Å². The highest BCUT2D eigenvalue weighted by molar-refractivity contribution is 7.99. The average Bonchev–Trinajstić information content (AvgIpc) is 3.21. The van der Waals surface area contributed by atoms with Gasteiger partial charge in [-0.3, -0.25) is 14.3 Å². The Morgan fingerprint density at radius 2 is 1.97 bits per heavy atom. The van der Waals surface area contributed by atoms with E-state index >= 15 is 0 Å². The average molecular weight is 422 g/mol. The van der Waals surface area contributed by atoms with Crippen LogP contribution in [0.2, 0.25) is 0 Å². The molecule has 1 saturated carbocycles. The molecule has 3 aromatic rings. The molecule has 0 saturated heterocycles. The van der Waals surface area contributed by atoms with E-state index in [4.69, 9.17) is 0 Å². The highest BCUT2D eigenvalue weighted by atomic mass is 32.2. The molecular weight excluding hydrogens is 394 g/mol. The van der Waals surface area contributed by atoms with E-state index in [1.54, 1.807) is 12.4 Å². The molecule has 1 amide bonds. The molecule has 0 spiro atoms. The van der Waals surface area contributed by atoms with Crippen molar-refractivity contribution in [2.24, 2.45) is 11.8 Å². The second kappa shape index (κ2) is 9.43. The molecule has 0 bridgehead atoms. The molecule has 1 fully saturated rings. The Kier molecular flexibility index (Phi) is 6.47. The van der Waals surface area contributed by atoms with Crippen molar-refractivity contribution in [1.82, 2.24) is 25.1 Å². The van der Waals surface area contributed by atoms with Gasteiger partial charge < -0.3 is 5.32 Å². The van der Waals surface area contributed by atoms with E-state index < -0.39 is 0 Å². The second-order valence-electron chi connectivity index (χ2n) is 7.95. The van der Waals surface area contributed by atoms with E-state index in [9.17, 15) is 4.79 Å². The Morgan fingerprint density at radius 3 is 2.73 bits per heavy atom. The lowest BCUT2D eigenvalue weighted by Crippen LogP contribution is -2.44. The van der Waals surface area contributed by atoms with Crippen molar-refractivity contribution >= 4 is 17.7 Å². The summed E-state index contributed by atoms with van der Waals surface area (Å²) >= 11 is 1.41. The summed E-state index contributed by atoms with van der Waals surface area (Å²) in [4.78, 5) is 16.9. The summed E-state index contributed by atoms with van der Waals surface area (Å²) in [5, 5.41) is 12.7. The van der Waals surface area contributed by atoms with E-state index in [2.05, 4.69) is 34.3 Å². The lowest BCUT2D eigenvalue weighted by Gasteiger charge is -2.34. The number of carbonyl (C=O) groups is 1. The van der Waals surface area contributed by atoms with Gasteiger partial charge in [0.2, 0.25) is 5.91 Å². The summed E-state index contributed by atoms with van der Waals surface area (Å²) < 4.78 is 1.99. The first-order valence-corrected chi connectivity index (χ1v) is 11.5. The molecule has 0 radical (unpaired) electrons. The molecule has 30 heavy (non-hydrogen) atoms. The zero-order valence-corrected chi connectivity index (χ0v) is 18.2. The van der Waals surface area contributed by atoms with Crippen LogP contribution in [0.4, 0.5) is 0 Å². The number of amides is 1. The van der Waals surface area contributed by atoms with Gasteiger partial charge in [-0.2, -0.15) is 0 Å². The number of para-hydroxylation sites is 1. The first kappa shape index (κ1) is 20.6. The number of carbonyl (C=O) groups excluding carboxylic acids is 1. The number of hydrogen-bond acceptors (Lipinski definition) is 5. The monoisotopic (exact) mass is 421 g/mol. The summed E-state index contributed by atoms with van der Waals surface area (Å²) in [6.45, 7) is 4.52. The van der Waals surface area contributed by atoms with Gasteiger partial charge in [-0.1, -0.05) is 56.7 Å². The van der Waals surface area contributed by atoms with E-state index in [1.165, 1.54) is 24.6 Å². The van der Waals surface area contributed by atoms with Crippen LogP contribution in [0, 0.1) is 11.8 Å². The minimum Gasteiger partial charge on any atom is -0.352 e. The highest BCUT2D eigenvalue weighted by Crippen LogP contribution is 2.30. The van der Waals surface area contributed by atoms with E-state index in [-0.39, 0.29) is 11.9 Å². The Morgan fingerprint density at radius 1 is 1.13 bits per heavy atom. The molecule has 1 aliphatic carbocycles. The number of thioether (sulfide) groups is 1. The fourth-order valence-electron chi connectivity index (χ4n) is 4.02. The van der Waals surface area contributed by atoms with Crippen molar-refractivity contribution in [3.8, 4) is 17.1 Å². The summed E-state index contributed by atoms with van der Waals surface area (Å²) in [5.74, 6) is 2.25. The van der Waals surface area contributed by atoms with Gasteiger partial charge in [-0.25, -0.2) is 0 Å². The van der Waals surface area contributed by atoms with Crippen molar-refractivity contribution in [3.05, 3.63) is 54.9 Å². The Balaban J connectivity index is 1.52. The van der Waals surface area contributed by atoms with Gasteiger partial charge in [-0.15, -0.1) is 10.2 Å². The predicted molar refractivity (Wildman–Crippen MR) is 119 cm³/mol. The third kappa shape index (κ3) is 4.56. The van der Waals surface area contributed by atoms with Crippen molar-refractivity contribution in [2.45, 2.75) is 44.3 Å². The van der Waals surface area contributed by atoms with Gasteiger partial charge >= 0.3 is 0 Å². The summed E-state index contributed by atoms with van der Waals surface area (Å²) in [7, 11) is 0. The Labute approximate surface area is 181 Å². The summed E-state index contributed by atoms with van der Waals surface area (Å²) in [6.07, 6.45) is 7.00. The molecule has 3 atom stereocenters. The number of rotatable bonds is 6. The molecule has 6 nitrogen and oxygen atoms in total. The van der Waals surface area contributed by atoms with Gasteiger partial charge in [-0.05, 0) is 42.5 Å². The number of hydrogen-bond donors (Lipinski definition) is 1. The van der Waals surface area contributed by atoms with E-state index in [1.807, 2.05) is 47.0 Å². The second-order valence-corrected chi connectivity index (χ2v) is 8.89. The molecule has 1 aromatic carbocycles. The lowest BCUT2D eigenvalue weighted by atomic mass is 9.78. The molecular formula is C23H27N5OS. The maximum atomic E-state index is 12.7. The first-order valence-electron chi connectivity index (χ1n) is 10.5. The fourth-order valence-corrected chi connectivity index (χ4v) is 4.78. The van der Waals surface area contributed by atoms with Crippen LogP contribution in [0.3, 0.4) is 0 Å². The minimum absolute atomic E-state index is 0.0523. The number of pyridine rings is 1. The van der Waals surface area contributed by atoms with Crippen LogP contribution < -0.4 is 5.32 Å². The SMILES string of the molecule is CC1CCCC(NC(=O)CSc2nnc(-c3cccnc3)n2-c2ccccc2)C1C. The molecule has 2 aromatic heterocycles. The Bertz CT molecular complexity index is 976. The molecule has 1 N–H and O–H groups in total. The maximum absolute atomic E-state index is 12.7. The topological polar surface area (TPSA) is 72.7 Å². The van der Waals surface area contributed by atoms with Gasteiger partial charge in [0, 0.05) is 29.7 Å². The molecule has 0 aliphatic heterocycles. The number of aromatic nitrogens is 4. The molecule has 7 heteroatoms. The van der Waals surface area contributed by atoms with Crippen LogP contribution >= 0.6 is 11.8 Å². The summed E-state index contributed by atoms with van der Waals surface area (Å²) in [6, 6.07) is 14.1. The molecule has 4 rings (SSSR count). The van der Waals surface area contributed by atoms with E-state index in [0.29, 0.717) is 28.6 Å². The van der Waals surface area contributed by atoms with Gasteiger partial charge in [0.05, 0.1) is 5.75 Å². The maximum Gasteiger partial charge on any atom is 0.230 e. The normalized spacial score (nSPS) is 21.3. The molecule has 1 aliphatic rings. The molecule has 2 heterocycles. The van der Waals surface area contributed by atoms with Crippen LogP contribution in [0.5, 0.6) is 0 Å². The van der Waals surface area contributed by atoms with Crippen molar-refractivity contribution in [3.63, 3.8) is 0 Å². The molecule has 156 valence electrons. The third-order valence-corrected chi connectivity index (χ3v) is 6.88. The first-order chi connectivity index (χ1) is 14.6. The predicted octanol–water partition coefficient (Wildman–Crippen LogP) is 4.36. The highest BCUT2D eigenvalue weighted by Gasteiger charge is 2.28. The van der Waals surface area contributed by atoms with Crippen LogP contribution in [0.15, 0.2) is 60.0 Å². The largest absolute Gasteiger partial charge is 0.352 e. The van der Waals surface area contributed by atoms with Crippen molar-refractivity contribution < 1.29 is 4.79 Å². The zero-order valence-electron chi connectivity index (χ0n) is 17.4.